The molecule has 0 amide bonds. The number of hydrogen-bond acceptors (Lipinski definition) is 6. The van der Waals surface area contributed by atoms with E-state index in [1.54, 1.807) is 12.3 Å². The summed E-state index contributed by atoms with van der Waals surface area (Å²) < 4.78 is 1.94. The van der Waals surface area contributed by atoms with Gasteiger partial charge in [-0.1, -0.05) is 0 Å². The van der Waals surface area contributed by atoms with E-state index in [1.165, 1.54) is 18.3 Å². The van der Waals surface area contributed by atoms with E-state index in [4.69, 9.17) is 5.11 Å². The molecule has 0 saturated heterocycles. The van der Waals surface area contributed by atoms with Gasteiger partial charge in [-0.15, -0.1) is 0 Å². The van der Waals surface area contributed by atoms with Crippen LogP contribution in [0.3, 0.4) is 0 Å². The van der Waals surface area contributed by atoms with Crippen LogP contribution in [0, 0.1) is 13.8 Å². The van der Waals surface area contributed by atoms with Crippen molar-refractivity contribution in [3.8, 4) is 11.4 Å². The van der Waals surface area contributed by atoms with Crippen molar-refractivity contribution in [1.82, 2.24) is 24.7 Å². The molecule has 3 heterocycles. The van der Waals surface area contributed by atoms with Crippen molar-refractivity contribution >= 4 is 11.9 Å². The van der Waals surface area contributed by atoms with E-state index in [0.717, 1.165) is 11.4 Å². The lowest BCUT2D eigenvalue weighted by atomic mass is 10.2. The molecule has 2 N–H and O–H groups in total. The first-order valence-corrected chi connectivity index (χ1v) is 8.22. The number of nitrogens with one attached hydrogen (secondary N) is 1. The summed E-state index contributed by atoms with van der Waals surface area (Å²) in [5, 5.41) is 16.8. The second-order valence-corrected chi connectivity index (χ2v) is 6.15. The Morgan fingerprint density at radius 3 is 2.65 bits per heavy atom. The van der Waals surface area contributed by atoms with Gasteiger partial charge in [0.2, 0.25) is 5.95 Å². The van der Waals surface area contributed by atoms with Gasteiger partial charge < -0.3 is 10.4 Å². The zero-order valence-corrected chi connectivity index (χ0v) is 14.8. The molecule has 0 fully saturated rings. The Balaban J connectivity index is 1.76. The van der Waals surface area contributed by atoms with Crippen LogP contribution in [0.25, 0.3) is 11.4 Å². The zero-order chi connectivity index (χ0) is 18.7. The maximum absolute atomic E-state index is 11.1. The topological polar surface area (TPSA) is 106 Å². The Hall–Kier alpha value is -3.29. The lowest BCUT2D eigenvalue weighted by molar-refractivity contribution is 0.0697. The predicted octanol–water partition coefficient (Wildman–Crippen LogP) is 2.55. The second-order valence-electron chi connectivity index (χ2n) is 6.15. The summed E-state index contributed by atoms with van der Waals surface area (Å²) in [6, 6.07) is 6.73. The van der Waals surface area contributed by atoms with E-state index in [9.17, 15) is 4.79 Å². The molecular formula is C18H20N6O2. The lowest BCUT2D eigenvalue weighted by Crippen LogP contribution is -2.24. The summed E-state index contributed by atoms with van der Waals surface area (Å²) in [7, 11) is 0. The Morgan fingerprint density at radius 1 is 1.19 bits per heavy atom. The summed E-state index contributed by atoms with van der Waals surface area (Å²) in [5.41, 5.74) is 3.30. The highest BCUT2D eigenvalue weighted by atomic mass is 16.4. The van der Waals surface area contributed by atoms with Crippen LogP contribution in [0.15, 0.2) is 36.7 Å². The normalized spacial score (nSPS) is 12.0. The Bertz CT molecular complexity index is 937. The molecule has 0 aromatic carbocycles. The largest absolute Gasteiger partial charge is 0.478 e. The third-order valence-electron chi connectivity index (χ3n) is 3.85. The number of nitrogens with zero attached hydrogens (tertiary/aromatic N) is 5. The van der Waals surface area contributed by atoms with Crippen LogP contribution in [-0.4, -0.2) is 41.9 Å². The number of aromatic nitrogens is 5. The van der Waals surface area contributed by atoms with Crippen molar-refractivity contribution in [2.24, 2.45) is 0 Å². The number of carboxylic acids is 1. The fourth-order valence-electron chi connectivity index (χ4n) is 2.66. The van der Waals surface area contributed by atoms with Gasteiger partial charge in [-0.2, -0.15) is 5.10 Å². The average molecular weight is 352 g/mol. The highest BCUT2D eigenvalue weighted by Crippen LogP contribution is 2.17. The molecule has 3 aromatic rings. The maximum Gasteiger partial charge on any atom is 0.335 e. The van der Waals surface area contributed by atoms with E-state index >= 15 is 0 Å². The van der Waals surface area contributed by atoms with Gasteiger partial charge in [-0.25, -0.2) is 14.8 Å². The van der Waals surface area contributed by atoms with Gasteiger partial charge in [0.15, 0.2) is 0 Å². The zero-order valence-electron chi connectivity index (χ0n) is 14.8. The molecule has 8 nitrogen and oxygen atoms in total. The molecule has 1 atom stereocenters. The molecule has 0 aliphatic heterocycles. The van der Waals surface area contributed by atoms with Gasteiger partial charge in [0.25, 0.3) is 0 Å². The fourth-order valence-corrected chi connectivity index (χ4v) is 2.66. The van der Waals surface area contributed by atoms with Crippen LogP contribution in [-0.2, 0) is 6.54 Å². The third-order valence-corrected chi connectivity index (χ3v) is 3.85. The molecule has 1 unspecified atom stereocenters. The Labute approximate surface area is 151 Å². The Kier molecular flexibility index (Phi) is 4.92. The summed E-state index contributed by atoms with van der Waals surface area (Å²) in [6.45, 7) is 6.69. The number of pyridine rings is 1. The maximum atomic E-state index is 11.1. The fraction of sp³-hybridized carbons (Fsp3) is 0.278. The van der Waals surface area contributed by atoms with Crippen molar-refractivity contribution in [1.29, 1.82) is 0 Å². The molecule has 0 bridgehead atoms. The highest BCUT2D eigenvalue weighted by Gasteiger charge is 2.11. The number of anilines is 1. The van der Waals surface area contributed by atoms with Crippen molar-refractivity contribution < 1.29 is 9.90 Å². The summed E-state index contributed by atoms with van der Waals surface area (Å²) in [6.07, 6.45) is 3.08. The van der Waals surface area contributed by atoms with Gasteiger partial charge >= 0.3 is 5.97 Å². The molecule has 0 radical (unpaired) electrons. The minimum atomic E-state index is -1.00. The first kappa shape index (κ1) is 17.5. The minimum absolute atomic E-state index is 0.0570. The summed E-state index contributed by atoms with van der Waals surface area (Å²) in [5.74, 6) is -0.543. The van der Waals surface area contributed by atoms with Crippen molar-refractivity contribution in [2.75, 3.05) is 5.32 Å². The van der Waals surface area contributed by atoms with Crippen LogP contribution in [0.5, 0.6) is 0 Å². The Morgan fingerprint density at radius 2 is 1.96 bits per heavy atom. The SMILES string of the molecule is Cc1cc(C)n(CC(C)Nc2nccc(-c3cc(C(=O)O)ccn3)n2)n1. The molecule has 26 heavy (non-hydrogen) atoms. The molecule has 134 valence electrons. The molecule has 0 aliphatic carbocycles. The summed E-state index contributed by atoms with van der Waals surface area (Å²) >= 11 is 0. The van der Waals surface area contributed by atoms with Crippen molar-refractivity contribution in [3.05, 3.63) is 53.6 Å². The molecule has 3 aromatic heterocycles. The van der Waals surface area contributed by atoms with E-state index in [1.807, 2.05) is 31.5 Å². The highest BCUT2D eigenvalue weighted by molar-refractivity contribution is 5.88. The number of aromatic carboxylic acids is 1. The van der Waals surface area contributed by atoms with E-state index in [2.05, 4.69) is 25.4 Å². The van der Waals surface area contributed by atoms with Crippen LogP contribution in [0.2, 0.25) is 0 Å². The number of carboxylic acid groups (broad SMARTS) is 1. The molecule has 0 spiro atoms. The van der Waals surface area contributed by atoms with E-state index in [-0.39, 0.29) is 11.6 Å². The minimum Gasteiger partial charge on any atom is -0.478 e. The molecule has 0 saturated carbocycles. The molecular weight excluding hydrogens is 332 g/mol. The first-order valence-electron chi connectivity index (χ1n) is 8.22. The summed E-state index contributed by atoms with van der Waals surface area (Å²) in [4.78, 5) is 24.0. The molecule has 8 heteroatoms. The number of hydrogen-bond donors (Lipinski definition) is 2. The lowest BCUT2D eigenvalue weighted by Gasteiger charge is -2.15. The number of carbonyl (C=O) groups is 1. The number of aryl methyl sites for hydroxylation is 2. The standard InChI is InChI=1S/C18H20N6O2/c1-11-8-13(3)24(23-11)10-12(2)21-18-20-7-5-15(22-18)16-9-14(17(25)26)4-6-19-16/h4-9,12H,10H2,1-3H3,(H,25,26)(H,20,21,22). The van der Waals surface area contributed by atoms with Gasteiger partial charge in [-0.05, 0) is 45.0 Å². The first-order chi connectivity index (χ1) is 12.4. The number of rotatable bonds is 6. The van der Waals surface area contributed by atoms with Crippen LogP contribution in [0.4, 0.5) is 5.95 Å². The monoisotopic (exact) mass is 352 g/mol. The molecule has 3 rings (SSSR count). The molecule has 0 aliphatic rings. The van der Waals surface area contributed by atoms with Gasteiger partial charge in [0, 0.05) is 24.1 Å². The van der Waals surface area contributed by atoms with Crippen molar-refractivity contribution in [3.63, 3.8) is 0 Å². The third kappa shape index (κ3) is 4.02. The van der Waals surface area contributed by atoms with Gasteiger partial charge in [0.05, 0.1) is 29.2 Å². The van der Waals surface area contributed by atoms with Crippen LogP contribution in [0.1, 0.15) is 28.7 Å². The van der Waals surface area contributed by atoms with E-state index < -0.39 is 5.97 Å². The smallest absolute Gasteiger partial charge is 0.335 e. The average Bonchev–Trinajstić information content (AvgIpc) is 2.92. The predicted molar refractivity (Wildman–Crippen MR) is 97.0 cm³/mol. The quantitative estimate of drug-likeness (QED) is 0.702. The second kappa shape index (κ2) is 7.30. The van der Waals surface area contributed by atoms with Gasteiger partial charge in [0.1, 0.15) is 0 Å². The van der Waals surface area contributed by atoms with E-state index in [0.29, 0.717) is 23.9 Å². The van der Waals surface area contributed by atoms with Crippen molar-refractivity contribution in [2.45, 2.75) is 33.4 Å². The van der Waals surface area contributed by atoms with Crippen LogP contribution >= 0.6 is 0 Å². The van der Waals surface area contributed by atoms with Gasteiger partial charge in [-0.3, -0.25) is 9.67 Å². The van der Waals surface area contributed by atoms with Crippen LogP contribution < -0.4 is 5.32 Å².